The van der Waals surface area contributed by atoms with Crippen LogP contribution in [0.5, 0.6) is 0 Å². The molecule has 2 nitrogen and oxygen atoms in total. The van der Waals surface area contributed by atoms with Crippen LogP contribution in [0.1, 0.15) is 30.3 Å². The summed E-state index contributed by atoms with van der Waals surface area (Å²) in [5.74, 6) is 2.70. The summed E-state index contributed by atoms with van der Waals surface area (Å²) in [6.07, 6.45) is 8.26. The molecule has 82 valence electrons. The molecule has 0 saturated carbocycles. The average molecular weight is 222 g/mol. The van der Waals surface area contributed by atoms with E-state index < -0.39 is 0 Å². The number of terminal acetylenes is 1. The minimum absolute atomic E-state index is 0.461. The second-order valence-electron chi connectivity index (χ2n) is 3.58. The Bertz CT molecular complexity index is 325. The number of nitrogens with one attached hydrogen (secondary N) is 1. The van der Waals surface area contributed by atoms with Gasteiger partial charge < -0.3 is 5.32 Å². The van der Waals surface area contributed by atoms with Gasteiger partial charge in [-0.1, -0.05) is 6.92 Å². The van der Waals surface area contributed by atoms with Crippen molar-refractivity contribution in [1.29, 1.82) is 0 Å². The number of nitrogens with zero attached hydrogens (tertiary/aromatic N) is 1. The molecule has 1 aromatic heterocycles. The molecule has 0 bridgehead atoms. The molecule has 0 aliphatic heterocycles. The number of aryl methyl sites for hydroxylation is 1. The second-order valence-corrected chi connectivity index (χ2v) is 4.52. The van der Waals surface area contributed by atoms with E-state index in [2.05, 4.69) is 30.1 Å². The zero-order valence-corrected chi connectivity index (χ0v) is 10.2. The molecule has 1 rings (SSSR count). The van der Waals surface area contributed by atoms with Crippen LogP contribution in [0.4, 0.5) is 0 Å². The van der Waals surface area contributed by atoms with Crippen LogP contribution >= 0.6 is 11.3 Å². The van der Waals surface area contributed by atoms with Crippen molar-refractivity contribution < 1.29 is 0 Å². The lowest BCUT2D eigenvalue weighted by Crippen LogP contribution is -2.29. The monoisotopic (exact) mass is 222 g/mol. The predicted octanol–water partition coefficient (Wildman–Crippen LogP) is 2.39. The van der Waals surface area contributed by atoms with E-state index in [1.165, 1.54) is 4.88 Å². The first kappa shape index (κ1) is 12.2. The van der Waals surface area contributed by atoms with Gasteiger partial charge in [-0.05, 0) is 19.8 Å². The first-order valence-corrected chi connectivity index (χ1v) is 6.21. The number of aromatic nitrogens is 1. The van der Waals surface area contributed by atoms with Crippen LogP contribution < -0.4 is 5.32 Å². The lowest BCUT2D eigenvalue weighted by molar-refractivity contribution is 0.511. The molecule has 0 aliphatic rings. The largest absolute Gasteiger partial charge is 0.313 e. The summed E-state index contributed by atoms with van der Waals surface area (Å²) >= 11 is 1.73. The Hall–Kier alpha value is -0.850. The lowest BCUT2D eigenvalue weighted by atomic mass is 10.1. The lowest BCUT2D eigenvalue weighted by Gasteiger charge is -2.13. The Labute approximate surface area is 96.1 Å². The molecule has 1 atom stereocenters. The summed E-state index contributed by atoms with van der Waals surface area (Å²) in [6.45, 7) is 5.21. The van der Waals surface area contributed by atoms with Crippen LogP contribution in [-0.2, 0) is 6.42 Å². The van der Waals surface area contributed by atoms with E-state index in [1.54, 1.807) is 11.3 Å². The Morgan fingerprint density at radius 1 is 1.67 bits per heavy atom. The Balaban J connectivity index is 2.27. The highest BCUT2D eigenvalue weighted by Gasteiger charge is 2.05. The average Bonchev–Trinajstić information content (AvgIpc) is 2.63. The van der Waals surface area contributed by atoms with Crippen molar-refractivity contribution in [3.8, 4) is 12.3 Å². The van der Waals surface area contributed by atoms with Gasteiger partial charge in [-0.3, -0.25) is 0 Å². The summed E-state index contributed by atoms with van der Waals surface area (Å²) in [5.41, 5.74) is 3.07. The normalized spacial score (nSPS) is 12.3. The van der Waals surface area contributed by atoms with Gasteiger partial charge in [-0.15, -0.1) is 23.7 Å². The van der Waals surface area contributed by atoms with Gasteiger partial charge in [0.15, 0.2) is 0 Å². The van der Waals surface area contributed by atoms with Crippen LogP contribution in [0.3, 0.4) is 0 Å². The number of thiazole rings is 1. The summed E-state index contributed by atoms with van der Waals surface area (Å²) in [5, 5.41) is 3.47. The van der Waals surface area contributed by atoms with E-state index >= 15 is 0 Å². The smallest absolute Gasteiger partial charge is 0.0797 e. The Morgan fingerprint density at radius 3 is 3.00 bits per heavy atom. The number of hydrogen-bond donors (Lipinski definition) is 1. The summed E-state index contributed by atoms with van der Waals surface area (Å²) in [7, 11) is 0. The van der Waals surface area contributed by atoms with Crippen LogP contribution in [-0.4, -0.2) is 17.6 Å². The van der Waals surface area contributed by atoms with Gasteiger partial charge in [0.05, 0.1) is 11.2 Å². The fraction of sp³-hybridized carbons (Fsp3) is 0.583. The Morgan fingerprint density at radius 2 is 2.47 bits per heavy atom. The van der Waals surface area contributed by atoms with E-state index in [1.807, 2.05) is 5.51 Å². The van der Waals surface area contributed by atoms with Gasteiger partial charge in [-0.2, -0.15) is 0 Å². The zero-order valence-electron chi connectivity index (χ0n) is 9.42. The van der Waals surface area contributed by atoms with Crippen LogP contribution in [0, 0.1) is 19.3 Å². The zero-order chi connectivity index (χ0) is 11.1. The van der Waals surface area contributed by atoms with Crippen LogP contribution in [0.15, 0.2) is 5.51 Å². The van der Waals surface area contributed by atoms with E-state index in [9.17, 15) is 0 Å². The highest BCUT2D eigenvalue weighted by molar-refractivity contribution is 7.09. The van der Waals surface area contributed by atoms with Crippen molar-refractivity contribution in [2.24, 2.45) is 0 Å². The van der Waals surface area contributed by atoms with Crippen molar-refractivity contribution in [3.05, 3.63) is 16.1 Å². The fourth-order valence-corrected chi connectivity index (χ4v) is 2.24. The summed E-state index contributed by atoms with van der Waals surface area (Å²) in [4.78, 5) is 5.60. The third-order valence-electron chi connectivity index (χ3n) is 2.49. The van der Waals surface area contributed by atoms with E-state index in [-0.39, 0.29) is 0 Å². The van der Waals surface area contributed by atoms with Crippen LogP contribution in [0.2, 0.25) is 0 Å². The first-order valence-electron chi connectivity index (χ1n) is 5.33. The quantitative estimate of drug-likeness (QED) is 0.748. The van der Waals surface area contributed by atoms with Crippen molar-refractivity contribution >= 4 is 11.3 Å². The standard InChI is InChI=1S/C12H18N2S/c1-4-6-11(5-2)13-8-7-12-10(3)14-9-15-12/h1,9,11,13H,5-8H2,2-3H3. The topological polar surface area (TPSA) is 24.9 Å². The molecule has 0 aliphatic carbocycles. The van der Waals surface area contributed by atoms with Crippen molar-refractivity contribution in [1.82, 2.24) is 10.3 Å². The van der Waals surface area contributed by atoms with Gasteiger partial charge in [0.1, 0.15) is 0 Å². The second kappa shape index (κ2) is 6.60. The minimum atomic E-state index is 0.461. The molecule has 0 amide bonds. The Kier molecular flexibility index (Phi) is 5.38. The number of rotatable bonds is 6. The minimum Gasteiger partial charge on any atom is -0.313 e. The summed E-state index contributed by atoms with van der Waals surface area (Å²) < 4.78 is 0. The third kappa shape index (κ3) is 4.03. The molecule has 0 fully saturated rings. The molecule has 0 spiro atoms. The molecule has 0 radical (unpaired) electrons. The van der Waals surface area contributed by atoms with Crippen molar-refractivity contribution in [2.45, 2.75) is 39.2 Å². The van der Waals surface area contributed by atoms with Gasteiger partial charge in [0.25, 0.3) is 0 Å². The molecular formula is C12H18N2S. The van der Waals surface area contributed by atoms with Crippen molar-refractivity contribution in [2.75, 3.05) is 6.54 Å². The molecule has 1 heterocycles. The predicted molar refractivity (Wildman–Crippen MR) is 66.1 cm³/mol. The van der Waals surface area contributed by atoms with E-state index in [0.717, 1.165) is 31.5 Å². The molecule has 1 unspecified atom stereocenters. The fourth-order valence-electron chi connectivity index (χ4n) is 1.46. The van der Waals surface area contributed by atoms with E-state index in [4.69, 9.17) is 6.42 Å². The summed E-state index contributed by atoms with van der Waals surface area (Å²) in [6, 6.07) is 0.461. The molecule has 3 heteroatoms. The first-order chi connectivity index (χ1) is 7.27. The van der Waals surface area contributed by atoms with Gasteiger partial charge in [0, 0.05) is 23.9 Å². The molecule has 15 heavy (non-hydrogen) atoms. The maximum atomic E-state index is 5.30. The highest BCUT2D eigenvalue weighted by atomic mass is 32.1. The van der Waals surface area contributed by atoms with Crippen LogP contribution in [0.25, 0.3) is 0 Å². The van der Waals surface area contributed by atoms with Gasteiger partial charge >= 0.3 is 0 Å². The third-order valence-corrected chi connectivity index (χ3v) is 3.48. The molecule has 0 saturated heterocycles. The molecular weight excluding hydrogens is 204 g/mol. The van der Waals surface area contributed by atoms with E-state index in [0.29, 0.717) is 6.04 Å². The molecule has 0 aromatic carbocycles. The highest BCUT2D eigenvalue weighted by Crippen LogP contribution is 2.12. The molecule has 1 N–H and O–H groups in total. The maximum absolute atomic E-state index is 5.30. The van der Waals surface area contributed by atoms with Gasteiger partial charge in [0.2, 0.25) is 0 Å². The SMILES string of the molecule is C#CCC(CC)NCCc1scnc1C. The van der Waals surface area contributed by atoms with Gasteiger partial charge in [-0.25, -0.2) is 4.98 Å². The number of hydrogen-bond acceptors (Lipinski definition) is 3. The maximum Gasteiger partial charge on any atom is 0.0797 e. The van der Waals surface area contributed by atoms with Crippen molar-refractivity contribution in [3.63, 3.8) is 0 Å². The molecule has 1 aromatic rings.